The smallest absolute Gasteiger partial charge is 0.191 e. The number of hydrogen-bond acceptors (Lipinski definition) is 2. The maximum atomic E-state index is 13.6. The Morgan fingerprint density at radius 3 is 2.68 bits per heavy atom. The number of fused-ring (bicyclic) bond motifs is 1. The highest BCUT2D eigenvalue weighted by atomic mass is 127. The number of hydrogen-bond donors (Lipinski definition) is 0. The lowest BCUT2D eigenvalue weighted by Gasteiger charge is -2.38. The van der Waals surface area contributed by atoms with Crippen LogP contribution in [-0.4, -0.2) is 20.7 Å². The topological polar surface area (TPSA) is 26.3 Å². The molecule has 3 rings (SSSR count). The van der Waals surface area contributed by atoms with Crippen LogP contribution in [0.4, 0.5) is 0 Å². The van der Waals surface area contributed by atoms with Crippen LogP contribution in [0, 0.1) is 29.1 Å². The molecule has 5 atom stereocenters. The van der Waals surface area contributed by atoms with Gasteiger partial charge in [0.15, 0.2) is 8.32 Å². The average molecular weight is 515 g/mol. The van der Waals surface area contributed by atoms with Crippen molar-refractivity contribution in [1.29, 1.82) is 0 Å². The summed E-state index contributed by atoms with van der Waals surface area (Å²) in [7, 11) is -1.81. The van der Waals surface area contributed by atoms with E-state index in [2.05, 4.69) is 82.5 Å². The van der Waals surface area contributed by atoms with Crippen LogP contribution in [0.3, 0.4) is 0 Å². The van der Waals surface area contributed by atoms with Crippen molar-refractivity contribution in [1.82, 2.24) is 0 Å². The molecule has 2 fully saturated rings. The first-order valence-electron chi connectivity index (χ1n) is 11.1. The van der Waals surface area contributed by atoms with E-state index in [0.29, 0.717) is 17.6 Å². The summed E-state index contributed by atoms with van der Waals surface area (Å²) in [4.78, 5) is 13.6. The Morgan fingerprint density at radius 2 is 2.07 bits per heavy atom. The van der Waals surface area contributed by atoms with Crippen LogP contribution in [0.25, 0.3) is 0 Å². The quantitative estimate of drug-likeness (QED) is 0.211. The number of ketones is 1. The molecule has 0 bridgehead atoms. The third-order valence-electron chi connectivity index (χ3n) is 8.29. The van der Waals surface area contributed by atoms with Gasteiger partial charge in [-0.05, 0) is 101 Å². The fourth-order valence-electron chi connectivity index (χ4n) is 5.31. The lowest BCUT2D eigenvalue weighted by atomic mass is 9.78. The van der Waals surface area contributed by atoms with Gasteiger partial charge in [-0.3, -0.25) is 4.79 Å². The molecule has 0 radical (unpaired) electrons. The molecule has 4 heteroatoms. The zero-order chi connectivity index (χ0) is 20.9. The Bertz CT molecular complexity index is 683. The van der Waals surface area contributed by atoms with E-state index in [-0.39, 0.29) is 22.3 Å². The number of carbonyl (C=O) groups excluding carboxylic acids is 1. The highest BCUT2D eigenvalue weighted by Crippen LogP contribution is 2.69. The van der Waals surface area contributed by atoms with E-state index in [0.717, 1.165) is 25.9 Å². The van der Waals surface area contributed by atoms with Crippen molar-refractivity contribution >= 4 is 36.7 Å². The monoisotopic (exact) mass is 514 g/mol. The van der Waals surface area contributed by atoms with Crippen molar-refractivity contribution in [2.45, 2.75) is 84.9 Å². The van der Waals surface area contributed by atoms with Crippen LogP contribution in [-0.2, 0) is 9.22 Å². The largest absolute Gasteiger partial charge is 0.417 e. The highest BCUT2D eigenvalue weighted by molar-refractivity contribution is 14.1. The van der Waals surface area contributed by atoms with Crippen molar-refractivity contribution in [2.75, 3.05) is 6.61 Å². The summed E-state index contributed by atoms with van der Waals surface area (Å²) in [6.07, 6.45) is 10.2. The minimum Gasteiger partial charge on any atom is -0.417 e. The predicted molar refractivity (Wildman–Crippen MR) is 129 cm³/mol. The molecule has 0 unspecified atom stereocenters. The molecule has 0 aliphatic heterocycles. The van der Waals surface area contributed by atoms with Gasteiger partial charge < -0.3 is 4.43 Å². The molecule has 0 amide bonds. The van der Waals surface area contributed by atoms with Gasteiger partial charge in [0.2, 0.25) is 0 Å². The first-order valence-corrected chi connectivity index (χ1v) is 15.1. The third-order valence-corrected chi connectivity index (χ3v) is 13.2. The number of Topliss-reactive ketones (excluding diaryl/α,β-unsaturated/α-hetero) is 1. The summed E-state index contributed by atoms with van der Waals surface area (Å²) in [5.74, 6) is 1.88. The Balaban J connectivity index is 1.80. The zero-order valence-corrected chi connectivity index (χ0v) is 22.1. The van der Waals surface area contributed by atoms with Gasteiger partial charge in [0.05, 0.1) is 0 Å². The first-order chi connectivity index (χ1) is 12.9. The van der Waals surface area contributed by atoms with Crippen LogP contribution in [0.5, 0.6) is 0 Å². The summed E-state index contributed by atoms with van der Waals surface area (Å²) in [6.45, 7) is 16.8. The van der Waals surface area contributed by atoms with Crippen LogP contribution < -0.4 is 0 Å². The summed E-state index contributed by atoms with van der Waals surface area (Å²) in [6, 6.07) is 0. The van der Waals surface area contributed by atoms with Gasteiger partial charge in [0.1, 0.15) is 5.78 Å². The molecule has 3 aliphatic rings. The minimum absolute atomic E-state index is 0.162. The van der Waals surface area contributed by atoms with Gasteiger partial charge in [0.25, 0.3) is 0 Å². The molecule has 0 heterocycles. The average Bonchev–Trinajstić information content (AvgIpc) is 3.24. The maximum Gasteiger partial charge on any atom is 0.191 e. The molecule has 0 aromatic heterocycles. The highest BCUT2D eigenvalue weighted by Gasteiger charge is 2.67. The molecule has 2 nitrogen and oxygen atoms in total. The Hall–Kier alpha value is 0.0569. The fraction of sp³-hybridized carbons (Fsp3) is 0.792. The van der Waals surface area contributed by atoms with Gasteiger partial charge in [-0.2, -0.15) is 0 Å². The normalized spacial score (nSPS) is 34.4. The second-order valence-electron chi connectivity index (χ2n) is 11.2. The van der Waals surface area contributed by atoms with Crippen molar-refractivity contribution in [3.63, 3.8) is 0 Å². The lowest BCUT2D eigenvalue weighted by molar-refractivity contribution is -0.127. The van der Waals surface area contributed by atoms with Crippen molar-refractivity contribution < 1.29 is 9.22 Å². The maximum absolute atomic E-state index is 13.6. The molecular weight excluding hydrogens is 475 g/mol. The van der Waals surface area contributed by atoms with Crippen LogP contribution in [0.1, 0.15) is 66.7 Å². The molecule has 0 aromatic rings. The van der Waals surface area contributed by atoms with Crippen molar-refractivity contribution in [3.05, 3.63) is 21.3 Å². The summed E-state index contributed by atoms with van der Waals surface area (Å²) < 4.78 is 7.95. The number of carbonyl (C=O) groups is 1. The summed E-state index contributed by atoms with van der Waals surface area (Å²) in [5, 5.41) is 0.205. The van der Waals surface area contributed by atoms with E-state index < -0.39 is 8.32 Å². The Labute approximate surface area is 187 Å². The van der Waals surface area contributed by atoms with Crippen LogP contribution >= 0.6 is 22.6 Å². The second kappa shape index (κ2) is 7.95. The van der Waals surface area contributed by atoms with Gasteiger partial charge in [0, 0.05) is 18.4 Å². The third kappa shape index (κ3) is 4.25. The molecular formula is C24H39IO2Si. The Morgan fingerprint density at radius 1 is 1.39 bits per heavy atom. The molecule has 2 saturated carbocycles. The van der Waals surface area contributed by atoms with E-state index in [1.807, 2.05) is 0 Å². The van der Waals surface area contributed by atoms with Crippen LogP contribution in [0.2, 0.25) is 18.1 Å². The SMILES string of the molecule is C/C(I)=C/C[C@@H](CO[Si](C)(C)C(C)(C)C)[C@H]1CCC2=CCC[C@]3(C)[C@H](C1=O)[C@@H]23. The van der Waals surface area contributed by atoms with Crippen LogP contribution in [0.15, 0.2) is 21.3 Å². The standard InChI is InChI=1S/C24H39IO2Si/c1-16(25)10-11-18(15-27-28(6,7)23(2,3)4)19-13-12-17-9-8-14-24(5)20(17)21(24)22(19)26/h9-10,18-21H,8,11-15H2,1-7H3/b16-10-/t18-,19+,20+,21-,24-/m0/s1. The van der Waals surface area contributed by atoms with Crippen molar-refractivity contribution in [3.8, 4) is 0 Å². The van der Waals surface area contributed by atoms with E-state index >= 15 is 0 Å². The zero-order valence-electron chi connectivity index (χ0n) is 18.9. The molecule has 0 spiro atoms. The van der Waals surface area contributed by atoms with Crippen molar-refractivity contribution in [2.24, 2.45) is 29.1 Å². The molecule has 28 heavy (non-hydrogen) atoms. The lowest BCUT2D eigenvalue weighted by Crippen LogP contribution is -2.43. The molecule has 0 saturated heterocycles. The minimum atomic E-state index is -1.81. The number of rotatable bonds is 6. The number of allylic oxidation sites excluding steroid dienone is 4. The van der Waals surface area contributed by atoms with Gasteiger partial charge in [-0.15, -0.1) is 0 Å². The van der Waals surface area contributed by atoms with Gasteiger partial charge in [-0.25, -0.2) is 0 Å². The van der Waals surface area contributed by atoms with Gasteiger partial charge in [-0.1, -0.05) is 45.4 Å². The van der Waals surface area contributed by atoms with E-state index in [9.17, 15) is 4.79 Å². The molecule has 0 aromatic carbocycles. The number of halogens is 1. The first kappa shape index (κ1) is 22.7. The molecule has 0 N–H and O–H groups in total. The Kier molecular flexibility index (Phi) is 6.46. The predicted octanol–water partition coefficient (Wildman–Crippen LogP) is 7.30. The van der Waals surface area contributed by atoms with E-state index in [4.69, 9.17) is 4.43 Å². The summed E-state index contributed by atoms with van der Waals surface area (Å²) in [5.41, 5.74) is 1.86. The van der Waals surface area contributed by atoms with E-state index in [1.165, 1.54) is 16.4 Å². The van der Waals surface area contributed by atoms with Gasteiger partial charge >= 0.3 is 0 Å². The summed E-state index contributed by atoms with van der Waals surface area (Å²) >= 11 is 2.39. The molecule has 158 valence electrons. The second-order valence-corrected chi connectivity index (χ2v) is 17.7. The van der Waals surface area contributed by atoms with E-state index in [1.54, 1.807) is 5.57 Å². The molecule has 3 aliphatic carbocycles. The fourth-order valence-corrected chi connectivity index (χ4v) is 6.63.